The van der Waals surface area contributed by atoms with Crippen molar-refractivity contribution in [3.8, 4) is 0 Å². The Morgan fingerprint density at radius 2 is 2.19 bits per heavy atom. The fraction of sp³-hybridized carbons (Fsp3) is 0.182. The van der Waals surface area contributed by atoms with Crippen LogP contribution in [0.15, 0.2) is 22.7 Å². The fourth-order valence-electron chi connectivity index (χ4n) is 1.81. The van der Waals surface area contributed by atoms with E-state index in [2.05, 4.69) is 20.9 Å². The van der Waals surface area contributed by atoms with Gasteiger partial charge in [0.1, 0.15) is 0 Å². The second-order valence-corrected chi connectivity index (χ2v) is 4.42. The third-order valence-electron chi connectivity index (χ3n) is 2.53. The minimum absolute atomic E-state index is 0.420. The molecule has 0 aliphatic carbocycles. The fourth-order valence-corrected chi connectivity index (χ4v) is 2.27. The van der Waals surface area contributed by atoms with E-state index in [1.807, 2.05) is 6.07 Å². The first kappa shape index (κ1) is 11.2. The average Bonchev–Trinajstić information content (AvgIpc) is 2.55. The van der Waals surface area contributed by atoms with E-state index in [0.717, 1.165) is 15.4 Å². The zero-order valence-corrected chi connectivity index (χ0v) is 10.1. The van der Waals surface area contributed by atoms with E-state index in [4.69, 9.17) is 5.11 Å². The molecule has 0 aliphatic heterocycles. The molecule has 0 radical (unpaired) electrons. The minimum Gasteiger partial charge on any atom is -0.479 e. The standard InChI is InChI=1S/C11H10BrNO3/c1-5-8(10(14)11(15)16)6-3-2-4-7(12)9(6)13-5/h2-4,10,13-14H,1H3,(H,15,16). The van der Waals surface area contributed by atoms with E-state index < -0.39 is 12.1 Å². The molecule has 0 spiro atoms. The summed E-state index contributed by atoms with van der Waals surface area (Å²) >= 11 is 3.37. The molecule has 0 bridgehead atoms. The molecular formula is C11H10BrNO3. The molecule has 0 saturated carbocycles. The summed E-state index contributed by atoms with van der Waals surface area (Å²) in [4.78, 5) is 13.9. The normalized spacial score (nSPS) is 12.9. The molecule has 2 rings (SSSR count). The first-order valence-electron chi connectivity index (χ1n) is 4.70. The number of para-hydroxylation sites is 1. The van der Waals surface area contributed by atoms with Gasteiger partial charge in [-0.2, -0.15) is 0 Å². The van der Waals surface area contributed by atoms with Gasteiger partial charge in [-0.15, -0.1) is 0 Å². The molecule has 84 valence electrons. The Morgan fingerprint density at radius 3 is 2.81 bits per heavy atom. The maximum atomic E-state index is 10.8. The first-order chi connectivity index (χ1) is 7.52. The largest absolute Gasteiger partial charge is 0.479 e. The summed E-state index contributed by atoms with van der Waals surface area (Å²) in [5.41, 5.74) is 1.89. The summed E-state index contributed by atoms with van der Waals surface area (Å²) in [7, 11) is 0. The number of carboxylic acid groups (broad SMARTS) is 1. The predicted octanol–water partition coefficient (Wildman–Crippen LogP) is 2.36. The number of aliphatic hydroxyl groups is 1. The highest BCUT2D eigenvalue weighted by molar-refractivity contribution is 9.10. The van der Waals surface area contributed by atoms with Crippen LogP contribution >= 0.6 is 15.9 Å². The molecule has 1 unspecified atom stereocenters. The quantitative estimate of drug-likeness (QED) is 0.792. The lowest BCUT2D eigenvalue weighted by molar-refractivity contribution is -0.146. The van der Waals surface area contributed by atoms with Gasteiger partial charge in [0.25, 0.3) is 0 Å². The van der Waals surface area contributed by atoms with Crippen LogP contribution < -0.4 is 0 Å². The van der Waals surface area contributed by atoms with Gasteiger partial charge in [0.15, 0.2) is 6.10 Å². The molecular weight excluding hydrogens is 274 g/mol. The molecule has 0 amide bonds. The van der Waals surface area contributed by atoms with Crippen LogP contribution in [0.3, 0.4) is 0 Å². The van der Waals surface area contributed by atoms with Crippen LogP contribution in [0, 0.1) is 6.92 Å². The van der Waals surface area contributed by atoms with Crippen LogP contribution in [0.1, 0.15) is 17.4 Å². The second kappa shape index (κ2) is 3.92. The lowest BCUT2D eigenvalue weighted by Crippen LogP contribution is -2.11. The van der Waals surface area contributed by atoms with Crippen molar-refractivity contribution in [2.45, 2.75) is 13.0 Å². The second-order valence-electron chi connectivity index (χ2n) is 3.57. The third-order valence-corrected chi connectivity index (χ3v) is 3.19. The van der Waals surface area contributed by atoms with Gasteiger partial charge >= 0.3 is 5.97 Å². The smallest absolute Gasteiger partial charge is 0.337 e. The monoisotopic (exact) mass is 283 g/mol. The molecule has 0 aliphatic rings. The average molecular weight is 284 g/mol. The van der Waals surface area contributed by atoms with E-state index in [9.17, 15) is 9.90 Å². The number of carboxylic acids is 1. The van der Waals surface area contributed by atoms with Gasteiger partial charge in [-0.25, -0.2) is 4.79 Å². The van der Waals surface area contributed by atoms with Crippen LogP contribution in [0.2, 0.25) is 0 Å². The molecule has 2 aromatic rings. The Labute approximate surface area is 100 Å². The van der Waals surface area contributed by atoms with Crippen molar-refractivity contribution in [1.82, 2.24) is 4.98 Å². The number of H-pyrrole nitrogens is 1. The summed E-state index contributed by atoms with van der Waals surface area (Å²) < 4.78 is 0.844. The molecule has 1 aromatic heterocycles. The van der Waals surface area contributed by atoms with Crippen molar-refractivity contribution in [2.75, 3.05) is 0 Å². The first-order valence-corrected chi connectivity index (χ1v) is 5.49. The molecule has 0 saturated heterocycles. The molecule has 3 N–H and O–H groups in total. The summed E-state index contributed by atoms with van der Waals surface area (Å²) in [6.45, 7) is 1.74. The Bertz CT molecular complexity index is 562. The number of hydrogen-bond donors (Lipinski definition) is 3. The van der Waals surface area contributed by atoms with Crippen LogP contribution in [-0.2, 0) is 4.79 Å². The van der Waals surface area contributed by atoms with Crippen molar-refractivity contribution in [3.63, 3.8) is 0 Å². The minimum atomic E-state index is -1.50. The van der Waals surface area contributed by atoms with E-state index in [-0.39, 0.29) is 0 Å². The van der Waals surface area contributed by atoms with Crippen molar-refractivity contribution in [1.29, 1.82) is 0 Å². The Morgan fingerprint density at radius 1 is 1.50 bits per heavy atom. The molecule has 1 atom stereocenters. The van der Waals surface area contributed by atoms with E-state index in [1.165, 1.54) is 0 Å². The molecule has 1 aromatic carbocycles. The van der Waals surface area contributed by atoms with Gasteiger partial charge in [-0.3, -0.25) is 0 Å². The number of nitrogens with one attached hydrogen (secondary N) is 1. The summed E-state index contributed by atoms with van der Waals surface area (Å²) in [6, 6.07) is 5.44. The number of aryl methyl sites for hydroxylation is 1. The highest BCUT2D eigenvalue weighted by atomic mass is 79.9. The molecule has 16 heavy (non-hydrogen) atoms. The summed E-state index contributed by atoms with van der Waals surface area (Å²) in [5, 5.41) is 19.2. The highest BCUT2D eigenvalue weighted by Crippen LogP contribution is 2.31. The number of aliphatic hydroxyl groups excluding tert-OH is 1. The number of benzene rings is 1. The number of halogens is 1. The number of aromatic amines is 1. The van der Waals surface area contributed by atoms with Gasteiger partial charge in [-0.05, 0) is 28.9 Å². The molecule has 1 heterocycles. The maximum absolute atomic E-state index is 10.8. The van der Waals surface area contributed by atoms with Crippen LogP contribution in [0.25, 0.3) is 10.9 Å². The van der Waals surface area contributed by atoms with Gasteiger partial charge in [-0.1, -0.05) is 12.1 Å². The zero-order valence-electron chi connectivity index (χ0n) is 8.49. The van der Waals surface area contributed by atoms with Crippen LogP contribution in [-0.4, -0.2) is 21.2 Å². The third kappa shape index (κ3) is 1.62. The van der Waals surface area contributed by atoms with Crippen molar-refractivity contribution in [3.05, 3.63) is 33.9 Å². The van der Waals surface area contributed by atoms with Crippen LogP contribution in [0.4, 0.5) is 0 Å². The summed E-state index contributed by atoms with van der Waals surface area (Å²) in [5.74, 6) is -1.25. The highest BCUT2D eigenvalue weighted by Gasteiger charge is 2.23. The van der Waals surface area contributed by atoms with Gasteiger partial charge in [0.05, 0.1) is 5.52 Å². The van der Waals surface area contributed by atoms with Gasteiger partial charge < -0.3 is 15.2 Å². The van der Waals surface area contributed by atoms with E-state index in [1.54, 1.807) is 19.1 Å². The lowest BCUT2D eigenvalue weighted by Gasteiger charge is -2.05. The molecule has 0 fully saturated rings. The number of rotatable bonds is 2. The number of aliphatic carboxylic acids is 1. The Balaban J connectivity index is 2.74. The van der Waals surface area contributed by atoms with Crippen molar-refractivity contribution < 1.29 is 15.0 Å². The Kier molecular flexibility index (Phi) is 2.73. The van der Waals surface area contributed by atoms with E-state index >= 15 is 0 Å². The number of hydrogen-bond acceptors (Lipinski definition) is 2. The zero-order chi connectivity index (χ0) is 11.9. The van der Waals surface area contributed by atoms with Crippen molar-refractivity contribution in [2.24, 2.45) is 0 Å². The van der Waals surface area contributed by atoms with Crippen molar-refractivity contribution >= 4 is 32.8 Å². The molecule has 5 heteroatoms. The molecule has 4 nitrogen and oxygen atoms in total. The van der Waals surface area contributed by atoms with Crippen LogP contribution in [0.5, 0.6) is 0 Å². The number of carbonyl (C=O) groups is 1. The number of aromatic nitrogens is 1. The van der Waals surface area contributed by atoms with E-state index in [0.29, 0.717) is 11.3 Å². The maximum Gasteiger partial charge on any atom is 0.337 e. The van der Waals surface area contributed by atoms with Gasteiger partial charge in [0, 0.05) is 21.1 Å². The summed E-state index contributed by atoms with van der Waals surface area (Å²) in [6.07, 6.45) is -1.50. The van der Waals surface area contributed by atoms with Gasteiger partial charge in [0.2, 0.25) is 0 Å². The lowest BCUT2D eigenvalue weighted by atomic mass is 10.1. The SMILES string of the molecule is Cc1[nH]c2c(Br)cccc2c1C(O)C(=O)O. The predicted molar refractivity (Wildman–Crippen MR) is 63.3 cm³/mol. The topological polar surface area (TPSA) is 73.3 Å². The Hall–Kier alpha value is -1.33. The number of fused-ring (bicyclic) bond motifs is 1.